The minimum atomic E-state index is 0.644. The molecule has 0 saturated carbocycles. The molecule has 16 heavy (non-hydrogen) atoms. The average molecular weight is 346 g/mol. The van der Waals surface area contributed by atoms with Gasteiger partial charge < -0.3 is 5.32 Å². The van der Waals surface area contributed by atoms with E-state index >= 15 is 0 Å². The van der Waals surface area contributed by atoms with Crippen molar-refractivity contribution >= 4 is 37.7 Å². The summed E-state index contributed by atoms with van der Waals surface area (Å²) in [6, 6.07) is 3.90. The number of nitrogens with zero attached hydrogens (tertiary/aromatic N) is 3. The lowest BCUT2D eigenvalue weighted by atomic mass is 10.3. The highest BCUT2D eigenvalue weighted by Crippen LogP contribution is 2.20. The van der Waals surface area contributed by atoms with E-state index in [1.54, 1.807) is 10.9 Å². The van der Waals surface area contributed by atoms with Crippen LogP contribution in [0.4, 0.5) is 5.82 Å². The van der Waals surface area contributed by atoms with Crippen molar-refractivity contribution in [2.45, 2.75) is 6.54 Å². The largest absolute Gasteiger partial charge is 0.363 e. The van der Waals surface area contributed by atoms with Crippen LogP contribution in [0.3, 0.4) is 0 Å². The summed E-state index contributed by atoms with van der Waals surface area (Å²) in [5.74, 6) is 0.846. The summed E-state index contributed by atoms with van der Waals surface area (Å²) >= 11 is 6.83. The van der Waals surface area contributed by atoms with Crippen molar-refractivity contribution in [3.8, 4) is 0 Å². The normalized spacial score (nSPS) is 10.4. The molecule has 2 rings (SSSR count). The Morgan fingerprint density at radius 2 is 2.25 bits per heavy atom. The monoisotopic (exact) mass is 344 g/mol. The van der Waals surface area contributed by atoms with Crippen LogP contribution in [0.5, 0.6) is 0 Å². The summed E-state index contributed by atoms with van der Waals surface area (Å²) in [6.45, 7) is 0.644. The van der Waals surface area contributed by atoms with E-state index in [0.717, 1.165) is 20.5 Å². The van der Waals surface area contributed by atoms with E-state index in [1.807, 2.05) is 25.4 Å². The highest BCUT2D eigenvalue weighted by Gasteiger charge is 2.03. The van der Waals surface area contributed by atoms with Crippen LogP contribution >= 0.6 is 31.9 Å². The third-order valence-electron chi connectivity index (χ3n) is 2.03. The highest BCUT2D eigenvalue weighted by atomic mass is 79.9. The molecule has 2 aromatic heterocycles. The molecule has 0 spiro atoms. The zero-order valence-corrected chi connectivity index (χ0v) is 11.8. The number of hydrogen-bond acceptors (Lipinski definition) is 3. The third-order valence-corrected chi connectivity index (χ3v) is 3.15. The molecule has 84 valence electrons. The summed E-state index contributed by atoms with van der Waals surface area (Å²) < 4.78 is 3.69. The van der Waals surface area contributed by atoms with Crippen molar-refractivity contribution < 1.29 is 0 Å². The Hall–Kier alpha value is -0.880. The van der Waals surface area contributed by atoms with Crippen molar-refractivity contribution in [2.75, 3.05) is 5.32 Å². The first-order valence-corrected chi connectivity index (χ1v) is 6.27. The number of anilines is 1. The van der Waals surface area contributed by atoms with Gasteiger partial charge in [-0.3, -0.25) is 9.67 Å². The Morgan fingerprint density at radius 3 is 2.88 bits per heavy atom. The summed E-state index contributed by atoms with van der Waals surface area (Å²) in [4.78, 5) is 4.31. The lowest BCUT2D eigenvalue weighted by molar-refractivity contribution is 0.767. The second-order valence-corrected chi connectivity index (χ2v) is 5.08. The summed E-state index contributed by atoms with van der Waals surface area (Å²) in [5, 5.41) is 7.43. The Bertz CT molecular complexity index is 495. The van der Waals surface area contributed by atoms with E-state index in [-0.39, 0.29) is 0 Å². The second kappa shape index (κ2) is 4.97. The number of nitrogens with one attached hydrogen (secondary N) is 1. The van der Waals surface area contributed by atoms with Crippen LogP contribution in [0, 0.1) is 0 Å². The number of aryl methyl sites for hydroxylation is 1. The van der Waals surface area contributed by atoms with E-state index in [4.69, 9.17) is 0 Å². The Kier molecular flexibility index (Phi) is 3.60. The molecule has 2 aromatic rings. The van der Waals surface area contributed by atoms with Crippen LogP contribution in [0.2, 0.25) is 0 Å². The Morgan fingerprint density at radius 1 is 1.44 bits per heavy atom. The Labute approximate surface area is 110 Å². The fraction of sp³-hybridized carbons (Fsp3) is 0.200. The van der Waals surface area contributed by atoms with Crippen molar-refractivity contribution in [2.24, 2.45) is 7.05 Å². The average Bonchev–Trinajstić information content (AvgIpc) is 2.63. The lowest BCUT2D eigenvalue weighted by Crippen LogP contribution is -2.03. The van der Waals surface area contributed by atoms with Crippen molar-refractivity contribution in [3.63, 3.8) is 0 Å². The summed E-state index contributed by atoms with van der Waals surface area (Å²) in [7, 11) is 1.89. The van der Waals surface area contributed by atoms with E-state index in [9.17, 15) is 0 Å². The van der Waals surface area contributed by atoms with Gasteiger partial charge in [-0.05, 0) is 37.9 Å². The molecule has 0 atom stereocenters. The molecule has 0 aliphatic carbocycles. The van der Waals surface area contributed by atoms with Crippen LogP contribution in [0.25, 0.3) is 0 Å². The number of hydrogen-bond donors (Lipinski definition) is 1. The van der Waals surface area contributed by atoms with Gasteiger partial charge in [0.25, 0.3) is 0 Å². The van der Waals surface area contributed by atoms with Crippen LogP contribution < -0.4 is 5.32 Å². The SMILES string of the molecule is Cn1ccc(NCc2ncc(Br)cc2Br)n1. The van der Waals surface area contributed by atoms with Gasteiger partial charge in [-0.25, -0.2) is 0 Å². The maximum Gasteiger partial charge on any atom is 0.148 e. The van der Waals surface area contributed by atoms with Gasteiger partial charge in [-0.1, -0.05) is 0 Å². The first-order valence-electron chi connectivity index (χ1n) is 4.68. The predicted molar refractivity (Wildman–Crippen MR) is 70.2 cm³/mol. The maximum atomic E-state index is 4.31. The summed E-state index contributed by atoms with van der Waals surface area (Å²) in [6.07, 6.45) is 3.67. The van der Waals surface area contributed by atoms with Gasteiger partial charge in [0.15, 0.2) is 0 Å². The first kappa shape index (κ1) is 11.6. The lowest BCUT2D eigenvalue weighted by Gasteiger charge is -2.05. The van der Waals surface area contributed by atoms with Gasteiger partial charge in [0.1, 0.15) is 5.82 Å². The van der Waals surface area contributed by atoms with Crippen molar-refractivity contribution in [1.29, 1.82) is 0 Å². The van der Waals surface area contributed by atoms with Gasteiger partial charge in [0, 0.05) is 34.5 Å². The molecule has 0 unspecified atom stereocenters. The summed E-state index contributed by atoms with van der Waals surface area (Å²) in [5.41, 5.74) is 0.953. The molecular weight excluding hydrogens is 336 g/mol. The Balaban J connectivity index is 2.04. The van der Waals surface area contributed by atoms with Crippen LogP contribution in [-0.2, 0) is 13.6 Å². The van der Waals surface area contributed by atoms with E-state index in [1.165, 1.54) is 0 Å². The van der Waals surface area contributed by atoms with Crippen molar-refractivity contribution in [1.82, 2.24) is 14.8 Å². The standard InChI is InChI=1S/C10H10Br2N4/c1-16-3-2-10(15-16)14-6-9-8(12)4-7(11)5-13-9/h2-5H,6H2,1H3,(H,14,15). The van der Waals surface area contributed by atoms with Gasteiger partial charge in [-0.2, -0.15) is 5.10 Å². The van der Waals surface area contributed by atoms with E-state index in [2.05, 4.69) is 47.3 Å². The number of halogens is 2. The maximum absolute atomic E-state index is 4.31. The van der Waals surface area contributed by atoms with Crippen LogP contribution in [0.1, 0.15) is 5.69 Å². The number of rotatable bonds is 3. The van der Waals surface area contributed by atoms with E-state index in [0.29, 0.717) is 6.54 Å². The highest BCUT2D eigenvalue weighted by molar-refractivity contribution is 9.11. The van der Waals surface area contributed by atoms with Gasteiger partial charge >= 0.3 is 0 Å². The molecule has 0 amide bonds. The molecular formula is C10H10Br2N4. The van der Waals surface area contributed by atoms with Crippen LogP contribution in [-0.4, -0.2) is 14.8 Å². The van der Waals surface area contributed by atoms with Gasteiger partial charge in [-0.15, -0.1) is 0 Å². The first-order chi connectivity index (χ1) is 7.65. The fourth-order valence-electron chi connectivity index (χ4n) is 1.26. The smallest absolute Gasteiger partial charge is 0.148 e. The molecule has 1 N–H and O–H groups in total. The quantitative estimate of drug-likeness (QED) is 0.930. The number of pyridine rings is 1. The minimum absolute atomic E-state index is 0.644. The molecule has 0 saturated heterocycles. The molecule has 0 radical (unpaired) electrons. The second-order valence-electron chi connectivity index (χ2n) is 3.31. The molecule has 6 heteroatoms. The van der Waals surface area contributed by atoms with E-state index < -0.39 is 0 Å². The molecule has 0 aliphatic heterocycles. The zero-order chi connectivity index (χ0) is 11.5. The third kappa shape index (κ3) is 2.82. The minimum Gasteiger partial charge on any atom is -0.363 e. The molecule has 2 heterocycles. The van der Waals surface area contributed by atoms with Gasteiger partial charge in [0.2, 0.25) is 0 Å². The molecule has 4 nitrogen and oxygen atoms in total. The van der Waals surface area contributed by atoms with Crippen molar-refractivity contribution in [3.05, 3.63) is 39.2 Å². The van der Waals surface area contributed by atoms with Crippen LogP contribution in [0.15, 0.2) is 33.5 Å². The molecule has 0 bridgehead atoms. The zero-order valence-electron chi connectivity index (χ0n) is 8.61. The fourth-order valence-corrected chi connectivity index (χ4v) is 2.38. The molecule has 0 aliphatic rings. The number of aromatic nitrogens is 3. The van der Waals surface area contributed by atoms with Gasteiger partial charge in [0.05, 0.1) is 12.2 Å². The molecule has 0 fully saturated rings. The topological polar surface area (TPSA) is 42.7 Å². The predicted octanol–water partition coefficient (Wildman–Crippen LogP) is 2.95. The molecule has 0 aromatic carbocycles.